The predicted octanol–water partition coefficient (Wildman–Crippen LogP) is 4.17. The third-order valence-corrected chi connectivity index (χ3v) is 4.32. The number of aromatic nitrogens is 2. The van der Waals surface area contributed by atoms with Crippen LogP contribution in [-0.4, -0.2) is 28.1 Å². The van der Waals surface area contributed by atoms with Gasteiger partial charge in [-0.1, -0.05) is 54.9 Å². The van der Waals surface area contributed by atoms with Crippen LogP contribution in [0.25, 0.3) is 0 Å². The Kier molecular flexibility index (Phi) is 8.91. The van der Waals surface area contributed by atoms with Gasteiger partial charge in [0.15, 0.2) is 6.29 Å². The molecule has 0 aliphatic carbocycles. The standard InChI is InChI=1S/C10H12O3.C8H10Cl2N2O.CH4/c11-7-8-1-3-9(4-2-8)10-12-5-6-13-10;1-8(2,3)12-7(13)6(10)5(9)4-11-12;/h1-4,10-11H,5-7H2;4H,1-3H3;1H4. The van der Waals surface area contributed by atoms with E-state index >= 15 is 0 Å². The van der Waals surface area contributed by atoms with Crippen LogP contribution >= 0.6 is 23.2 Å². The zero-order valence-electron chi connectivity index (χ0n) is 14.9. The van der Waals surface area contributed by atoms with Crippen LogP contribution in [0.1, 0.15) is 45.6 Å². The van der Waals surface area contributed by atoms with Crippen molar-refractivity contribution in [1.82, 2.24) is 9.78 Å². The van der Waals surface area contributed by atoms with Crippen molar-refractivity contribution in [2.45, 2.75) is 46.6 Å². The average molecular weight is 417 g/mol. The van der Waals surface area contributed by atoms with E-state index in [0.29, 0.717) is 13.2 Å². The summed E-state index contributed by atoms with van der Waals surface area (Å²) in [4.78, 5) is 11.5. The smallest absolute Gasteiger partial charge is 0.287 e. The summed E-state index contributed by atoms with van der Waals surface area (Å²) in [7, 11) is 0. The molecule has 0 amide bonds. The minimum absolute atomic E-state index is 0. The molecule has 150 valence electrons. The second-order valence-electron chi connectivity index (χ2n) is 6.67. The van der Waals surface area contributed by atoms with Crippen LogP contribution < -0.4 is 5.56 Å². The molecule has 0 bridgehead atoms. The SMILES string of the molecule is C.CC(C)(C)n1ncc(Cl)c(Cl)c1=O.OCc1ccc(C2OCCO2)cc1. The number of hydrogen-bond donors (Lipinski definition) is 1. The summed E-state index contributed by atoms with van der Waals surface area (Å²) in [6.07, 6.45) is 1.16. The number of aliphatic hydroxyl groups is 1. The molecule has 6 nitrogen and oxygen atoms in total. The number of hydrogen-bond acceptors (Lipinski definition) is 5. The van der Waals surface area contributed by atoms with Gasteiger partial charge in [-0.15, -0.1) is 0 Å². The highest BCUT2D eigenvalue weighted by molar-refractivity contribution is 6.41. The lowest BCUT2D eigenvalue weighted by Gasteiger charge is -2.20. The van der Waals surface area contributed by atoms with Crippen LogP contribution in [0.15, 0.2) is 35.3 Å². The highest BCUT2D eigenvalue weighted by atomic mass is 35.5. The van der Waals surface area contributed by atoms with Gasteiger partial charge in [-0.25, -0.2) is 4.68 Å². The van der Waals surface area contributed by atoms with Crippen molar-refractivity contribution in [2.75, 3.05) is 13.2 Å². The lowest BCUT2D eigenvalue weighted by molar-refractivity contribution is -0.0441. The lowest BCUT2D eigenvalue weighted by Crippen LogP contribution is -2.36. The van der Waals surface area contributed by atoms with Crippen molar-refractivity contribution in [2.24, 2.45) is 0 Å². The molecule has 1 aromatic heterocycles. The van der Waals surface area contributed by atoms with Gasteiger partial charge >= 0.3 is 0 Å². The Hall–Kier alpha value is -1.44. The first kappa shape index (κ1) is 23.6. The Balaban J connectivity index is 0.000000260. The number of benzene rings is 1. The zero-order valence-corrected chi connectivity index (χ0v) is 16.4. The zero-order chi connectivity index (χ0) is 19.3. The maximum absolute atomic E-state index is 11.5. The molecule has 2 heterocycles. The van der Waals surface area contributed by atoms with Crippen molar-refractivity contribution < 1.29 is 14.6 Å². The molecule has 0 spiro atoms. The van der Waals surface area contributed by atoms with E-state index in [1.54, 1.807) is 0 Å². The van der Waals surface area contributed by atoms with Gasteiger partial charge < -0.3 is 14.6 Å². The Morgan fingerprint density at radius 1 is 1.19 bits per heavy atom. The first-order chi connectivity index (χ1) is 12.2. The number of rotatable bonds is 2. The number of halogens is 2. The summed E-state index contributed by atoms with van der Waals surface area (Å²) in [6, 6.07) is 7.59. The van der Waals surface area contributed by atoms with Crippen LogP contribution in [0.4, 0.5) is 0 Å². The molecule has 0 saturated carbocycles. The molecule has 1 fully saturated rings. The molecular weight excluding hydrogens is 391 g/mol. The molecular formula is C19H26Cl2N2O4. The Morgan fingerprint density at radius 3 is 2.22 bits per heavy atom. The average Bonchev–Trinajstić information content (AvgIpc) is 3.14. The van der Waals surface area contributed by atoms with Crippen molar-refractivity contribution in [1.29, 1.82) is 0 Å². The third-order valence-electron chi connectivity index (χ3n) is 3.57. The molecule has 3 rings (SSSR count). The van der Waals surface area contributed by atoms with Gasteiger partial charge in [-0.05, 0) is 26.3 Å². The number of aliphatic hydroxyl groups excluding tert-OH is 1. The second-order valence-corrected chi connectivity index (χ2v) is 7.45. The monoisotopic (exact) mass is 416 g/mol. The molecule has 1 aliphatic heterocycles. The fourth-order valence-corrected chi connectivity index (χ4v) is 2.47. The number of ether oxygens (including phenoxy) is 2. The van der Waals surface area contributed by atoms with E-state index in [4.69, 9.17) is 37.8 Å². The van der Waals surface area contributed by atoms with Gasteiger partial charge in [0.25, 0.3) is 5.56 Å². The molecule has 2 aromatic rings. The van der Waals surface area contributed by atoms with Crippen LogP contribution in [0.5, 0.6) is 0 Å². The maximum Gasteiger partial charge on any atom is 0.287 e. The van der Waals surface area contributed by atoms with Crippen molar-refractivity contribution in [3.05, 3.63) is 62.0 Å². The van der Waals surface area contributed by atoms with Crippen molar-refractivity contribution in [3.63, 3.8) is 0 Å². The minimum Gasteiger partial charge on any atom is -0.392 e. The summed E-state index contributed by atoms with van der Waals surface area (Å²) in [5, 5.41) is 12.9. The first-order valence-corrected chi connectivity index (χ1v) is 8.86. The van der Waals surface area contributed by atoms with E-state index < -0.39 is 0 Å². The topological polar surface area (TPSA) is 73.6 Å². The molecule has 0 atom stereocenters. The summed E-state index contributed by atoms with van der Waals surface area (Å²) in [6.45, 7) is 6.99. The van der Waals surface area contributed by atoms with E-state index in [-0.39, 0.29) is 41.5 Å². The van der Waals surface area contributed by atoms with Gasteiger partial charge in [0.1, 0.15) is 5.02 Å². The molecule has 27 heavy (non-hydrogen) atoms. The predicted molar refractivity (Wildman–Crippen MR) is 107 cm³/mol. The highest BCUT2D eigenvalue weighted by Gasteiger charge is 2.19. The quantitative estimate of drug-likeness (QED) is 0.794. The van der Waals surface area contributed by atoms with Gasteiger partial charge in [0.2, 0.25) is 0 Å². The van der Waals surface area contributed by atoms with E-state index in [1.807, 2.05) is 45.0 Å². The molecule has 1 saturated heterocycles. The highest BCUT2D eigenvalue weighted by Crippen LogP contribution is 2.23. The fourth-order valence-electron chi connectivity index (χ4n) is 2.22. The van der Waals surface area contributed by atoms with Crippen LogP contribution in [0.3, 0.4) is 0 Å². The molecule has 8 heteroatoms. The maximum atomic E-state index is 11.5. The summed E-state index contributed by atoms with van der Waals surface area (Å²) in [5.74, 6) is 0. The van der Waals surface area contributed by atoms with E-state index in [1.165, 1.54) is 10.9 Å². The van der Waals surface area contributed by atoms with Gasteiger partial charge in [0, 0.05) is 5.56 Å². The summed E-state index contributed by atoms with van der Waals surface area (Å²) in [5.41, 5.74) is 1.17. The second kappa shape index (κ2) is 10.2. The van der Waals surface area contributed by atoms with Gasteiger partial charge in [-0.3, -0.25) is 4.79 Å². The lowest BCUT2D eigenvalue weighted by atomic mass is 10.1. The fraction of sp³-hybridized carbons (Fsp3) is 0.474. The number of nitrogens with zero attached hydrogens (tertiary/aromatic N) is 2. The first-order valence-electron chi connectivity index (χ1n) is 8.10. The summed E-state index contributed by atoms with van der Waals surface area (Å²) >= 11 is 11.3. The molecule has 1 aromatic carbocycles. The van der Waals surface area contributed by atoms with Crippen LogP contribution in [0, 0.1) is 0 Å². The Bertz CT molecular complexity index is 780. The summed E-state index contributed by atoms with van der Waals surface area (Å²) < 4.78 is 12.0. The van der Waals surface area contributed by atoms with E-state index in [2.05, 4.69) is 5.10 Å². The van der Waals surface area contributed by atoms with Crippen molar-refractivity contribution >= 4 is 23.2 Å². The Morgan fingerprint density at radius 2 is 1.74 bits per heavy atom. The minimum atomic E-state index is -0.384. The largest absolute Gasteiger partial charge is 0.392 e. The molecule has 0 radical (unpaired) electrons. The molecule has 1 N–H and O–H groups in total. The van der Waals surface area contributed by atoms with Gasteiger partial charge in [0.05, 0.1) is 36.6 Å². The van der Waals surface area contributed by atoms with Crippen LogP contribution in [0.2, 0.25) is 10.0 Å². The van der Waals surface area contributed by atoms with Crippen LogP contribution in [-0.2, 0) is 21.6 Å². The normalized spacial score (nSPS) is 14.3. The van der Waals surface area contributed by atoms with Gasteiger partial charge in [-0.2, -0.15) is 5.10 Å². The molecule has 1 aliphatic rings. The third kappa shape index (κ3) is 6.30. The van der Waals surface area contributed by atoms with E-state index in [0.717, 1.165) is 11.1 Å². The molecule has 0 unspecified atom stereocenters. The van der Waals surface area contributed by atoms with E-state index in [9.17, 15) is 4.79 Å². The van der Waals surface area contributed by atoms with Crippen molar-refractivity contribution in [3.8, 4) is 0 Å². The Labute approximate surface area is 169 Å².